The molecule has 0 saturated carbocycles. The van der Waals surface area contributed by atoms with E-state index >= 15 is 0 Å². The Balaban J connectivity index is 2.47. The number of benzene rings is 1. The van der Waals surface area contributed by atoms with Crippen molar-refractivity contribution < 1.29 is 34.4 Å². The average molecular weight is 647 g/mol. The fourth-order valence-corrected chi connectivity index (χ4v) is 5.34. The van der Waals surface area contributed by atoms with E-state index in [1.165, 1.54) is 7.11 Å². The molecule has 3 atom stereocenters. The number of carbonyl (C=O) groups is 2. The summed E-state index contributed by atoms with van der Waals surface area (Å²) in [4.78, 5) is 28.1. The fourth-order valence-electron chi connectivity index (χ4n) is 4.55. The van der Waals surface area contributed by atoms with Crippen molar-refractivity contribution in [3.05, 3.63) is 32.9 Å². The number of aliphatic hydroxyl groups excluding tert-OH is 3. The highest BCUT2D eigenvalue weighted by atomic mass is 127. The van der Waals surface area contributed by atoms with Crippen LogP contribution in [-0.2, 0) is 16.2 Å². The largest absolute Gasteiger partial charge is 0.493 e. The second kappa shape index (κ2) is 16.3. The summed E-state index contributed by atoms with van der Waals surface area (Å²) in [7, 11) is 1.49. The minimum absolute atomic E-state index is 0.0595. The van der Waals surface area contributed by atoms with Gasteiger partial charge in [-0.3, -0.25) is 9.59 Å². The van der Waals surface area contributed by atoms with Crippen molar-refractivity contribution in [1.29, 1.82) is 0 Å². The zero-order valence-electron chi connectivity index (χ0n) is 22.9. The molecule has 0 bridgehead atoms. The van der Waals surface area contributed by atoms with E-state index in [4.69, 9.17) is 9.47 Å². The lowest BCUT2D eigenvalue weighted by atomic mass is 9.87. The summed E-state index contributed by atoms with van der Waals surface area (Å²) >= 11 is 2.08. The lowest BCUT2D eigenvalue weighted by Crippen LogP contribution is -2.55. The third kappa shape index (κ3) is 9.10. The molecule has 0 aliphatic heterocycles. The van der Waals surface area contributed by atoms with Crippen LogP contribution in [0.25, 0.3) is 0 Å². The van der Waals surface area contributed by atoms with Crippen molar-refractivity contribution in [2.75, 3.05) is 26.8 Å². The van der Waals surface area contributed by atoms with Crippen LogP contribution in [0.4, 0.5) is 0 Å². The molecule has 10 heteroatoms. The molecule has 3 unspecified atom stereocenters. The first-order valence-electron chi connectivity index (χ1n) is 13.4. The highest BCUT2D eigenvalue weighted by Crippen LogP contribution is 2.37. The molecule has 1 aromatic carbocycles. The number of ether oxygens (including phenoxy) is 2. The molecule has 0 fully saturated rings. The zero-order valence-corrected chi connectivity index (χ0v) is 25.1. The molecule has 1 aromatic rings. The van der Waals surface area contributed by atoms with Crippen LogP contribution >= 0.6 is 22.6 Å². The normalized spacial score (nSPS) is 19.2. The smallest absolute Gasteiger partial charge is 0.247 e. The maximum absolute atomic E-state index is 13.4. The molecule has 0 spiro atoms. The van der Waals surface area contributed by atoms with E-state index in [9.17, 15) is 24.9 Å². The number of methoxy groups -OCH3 is 1. The first-order valence-corrected chi connectivity index (χ1v) is 14.5. The first-order chi connectivity index (χ1) is 18.2. The van der Waals surface area contributed by atoms with Crippen molar-refractivity contribution in [1.82, 2.24) is 10.2 Å². The van der Waals surface area contributed by atoms with Gasteiger partial charge in [-0.05, 0) is 58.7 Å². The van der Waals surface area contributed by atoms with Crippen LogP contribution in [-0.4, -0.2) is 77.1 Å². The van der Waals surface area contributed by atoms with E-state index in [0.717, 1.165) is 25.7 Å². The Morgan fingerprint density at radius 1 is 1.21 bits per heavy atom. The molecular weight excluding hydrogens is 603 g/mol. The molecule has 0 saturated heterocycles. The minimum atomic E-state index is -1.09. The minimum Gasteiger partial charge on any atom is -0.493 e. The number of amides is 2. The highest BCUT2D eigenvalue weighted by Gasteiger charge is 2.40. The van der Waals surface area contributed by atoms with Gasteiger partial charge in [0.25, 0.3) is 0 Å². The van der Waals surface area contributed by atoms with Crippen molar-refractivity contribution in [3.8, 4) is 11.5 Å². The molecule has 4 N–H and O–H groups in total. The maximum atomic E-state index is 13.4. The predicted octanol–water partition coefficient (Wildman–Crippen LogP) is 3.16. The van der Waals surface area contributed by atoms with Gasteiger partial charge in [-0.1, -0.05) is 40.0 Å². The number of hydrogen-bond acceptors (Lipinski definition) is 7. The Morgan fingerprint density at radius 3 is 2.55 bits per heavy atom. The molecule has 0 aromatic heterocycles. The number of nitrogens with one attached hydrogen (secondary N) is 1. The molecule has 2 amide bonds. The quantitative estimate of drug-likeness (QED) is 0.170. The van der Waals surface area contributed by atoms with Gasteiger partial charge in [0.1, 0.15) is 12.2 Å². The topological polar surface area (TPSA) is 129 Å². The van der Waals surface area contributed by atoms with E-state index in [-0.39, 0.29) is 43.9 Å². The van der Waals surface area contributed by atoms with Crippen LogP contribution in [0, 0.1) is 9.49 Å². The molecule has 214 valence electrons. The molecule has 0 radical (unpaired) electrons. The van der Waals surface area contributed by atoms with Gasteiger partial charge in [0, 0.05) is 31.5 Å². The standard InChI is InChI=1S/C28H43IN2O7/c1-5-6-7-8-10-31(25(34)12-18(2)3)22-15-20(28(36)30-9-11-32)16-23(26(22)35)38-27-21(29)13-19(17-33)14-24(27)37-4/h13-14,16,18,22-23,26,32-33,35H,5-12,15,17H2,1-4H3,(H,30,36). The maximum Gasteiger partial charge on any atom is 0.247 e. The number of hydrogen-bond donors (Lipinski definition) is 4. The van der Waals surface area contributed by atoms with Crippen molar-refractivity contribution in [2.45, 2.75) is 84.2 Å². The lowest BCUT2D eigenvalue weighted by Gasteiger charge is -2.41. The van der Waals surface area contributed by atoms with E-state index in [1.807, 2.05) is 13.8 Å². The third-order valence-electron chi connectivity index (χ3n) is 6.50. The third-order valence-corrected chi connectivity index (χ3v) is 7.30. The molecule has 1 aliphatic carbocycles. The number of nitrogens with zero attached hydrogens (tertiary/aromatic N) is 1. The number of rotatable bonds is 15. The van der Waals surface area contributed by atoms with E-state index in [2.05, 4.69) is 34.8 Å². The van der Waals surface area contributed by atoms with Gasteiger partial charge in [-0.2, -0.15) is 0 Å². The predicted molar refractivity (Wildman–Crippen MR) is 154 cm³/mol. The number of carbonyl (C=O) groups excluding carboxylic acids is 2. The van der Waals surface area contributed by atoms with Crippen LogP contribution in [0.1, 0.15) is 64.9 Å². The van der Waals surface area contributed by atoms with Gasteiger partial charge >= 0.3 is 0 Å². The van der Waals surface area contributed by atoms with Gasteiger partial charge < -0.3 is 35.0 Å². The molecule has 9 nitrogen and oxygen atoms in total. The van der Waals surface area contributed by atoms with Crippen LogP contribution in [0.15, 0.2) is 23.8 Å². The Bertz CT molecular complexity index is 953. The van der Waals surface area contributed by atoms with E-state index in [0.29, 0.717) is 39.2 Å². The molecule has 2 rings (SSSR count). The lowest BCUT2D eigenvalue weighted by molar-refractivity contribution is -0.139. The Hall–Kier alpha value is -1.89. The van der Waals surface area contributed by atoms with Crippen molar-refractivity contribution in [3.63, 3.8) is 0 Å². The number of unbranched alkanes of at least 4 members (excludes halogenated alkanes) is 3. The fraction of sp³-hybridized carbons (Fsp3) is 0.643. The van der Waals surface area contributed by atoms with E-state index < -0.39 is 18.2 Å². The first kappa shape index (κ1) is 32.3. The summed E-state index contributed by atoms with van der Waals surface area (Å²) in [6.07, 6.45) is 3.97. The van der Waals surface area contributed by atoms with Gasteiger partial charge in [0.05, 0.1) is 29.9 Å². The number of halogens is 1. The molecule has 0 heterocycles. The second-order valence-electron chi connectivity index (χ2n) is 10.0. The Kier molecular flexibility index (Phi) is 13.8. The summed E-state index contributed by atoms with van der Waals surface area (Å²) in [6.45, 7) is 6.30. The molecule has 1 aliphatic rings. The van der Waals surface area contributed by atoms with Gasteiger partial charge in [-0.25, -0.2) is 0 Å². The van der Waals surface area contributed by atoms with Crippen LogP contribution in [0.5, 0.6) is 11.5 Å². The zero-order chi connectivity index (χ0) is 28.2. The summed E-state index contributed by atoms with van der Waals surface area (Å²) in [5.74, 6) is 0.485. The Labute approximate surface area is 239 Å². The highest BCUT2D eigenvalue weighted by molar-refractivity contribution is 14.1. The average Bonchev–Trinajstić information content (AvgIpc) is 2.88. The SMILES string of the molecule is CCCCCCN(C(=O)CC(C)C)C1CC(C(=O)NCCO)=CC(Oc2c(I)cc(CO)cc2OC)C1O. The second-order valence-corrected chi connectivity index (χ2v) is 11.2. The monoisotopic (exact) mass is 646 g/mol. The summed E-state index contributed by atoms with van der Waals surface area (Å²) < 4.78 is 12.4. The number of aliphatic hydroxyl groups is 3. The molecule has 38 heavy (non-hydrogen) atoms. The van der Waals surface area contributed by atoms with Crippen LogP contribution in [0.3, 0.4) is 0 Å². The van der Waals surface area contributed by atoms with Crippen LogP contribution < -0.4 is 14.8 Å². The summed E-state index contributed by atoms with van der Waals surface area (Å²) in [5, 5.41) is 33.0. The van der Waals surface area contributed by atoms with Crippen molar-refractivity contribution in [2.24, 2.45) is 5.92 Å². The summed E-state index contributed by atoms with van der Waals surface area (Å²) in [5.41, 5.74) is 1.04. The Morgan fingerprint density at radius 2 is 1.95 bits per heavy atom. The van der Waals surface area contributed by atoms with Crippen molar-refractivity contribution >= 4 is 34.4 Å². The van der Waals surface area contributed by atoms with E-state index in [1.54, 1.807) is 23.1 Å². The van der Waals surface area contributed by atoms with Crippen LogP contribution in [0.2, 0.25) is 0 Å². The molecular formula is C28H43IN2O7. The van der Waals surface area contributed by atoms with Gasteiger partial charge in [0.15, 0.2) is 11.5 Å². The summed E-state index contributed by atoms with van der Waals surface area (Å²) in [6, 6.07) is 2.76. The van der Waals surface area contributed by atoms with Gasteiger partial charge in [0.2, 0.25) is 11.8 Å². The van der Waals surface area contributed by atoms with Gasteiger partial charge in [-0.15, -0.1) is 0 Å².